The quantitative estimate of drug-likeness (QED) is 0.206. The summed E-state index contributed by atoms with van der Waals surface area (Å²) < 4.78 is 12.1. The van der Waals surface area contributed by atoms with Gasteiger partial charge in [-0.15, -0.1) is 0 Å². The van der Waals surface area contributed by atoms with Gasteiger partial charge in [-0.05, 0) is 57.9 Å². The smallest absolute Gasteiger partial charge is 0.403 e. The summed E-state index contributed by atoms with van der Waals surface area (Å²) in [4.78, 5) is 6.36. The number of nitrogens with zero attached hydrogens (tertiary/aromatic N) is 2. The van der Waals surface area contributed by atoms with E-state index in [4.69, 9.17) is 9.31 Å². The molecule has 0 bridgehead atoms. The Balaban J connectivity index is 2.03. The summed E-state index contributed by atoms with van der Waals surface area (Å²) in [5.74, 6) is 3.76. The van der Waals surface area contributed by atoms with Gasteiger partial charge in [0.15, 0.2) is 0 Å². The molecule has 0 spiro atoms. The molecule has 29 heavy (non-hydrogen) atoms. The standard InChI is InChI=1S/C23H32BN3O2/c1-9-19(14-16-24-28-22(2,3)23(4,5)29-24)21(25-6)26-17-15-18-10-12-20(13-11-18)27(7)8/h9-14H,1,16H2,2-8H3,(H,25,26)/b19-14-. The molecule has 1 saturated heterocycles. The number of rotatable bonds is 5. The maximum Gasteiger partial charge on any atom is 0.461 e. The topological polar surface area (TPSA) is 46.1 Å². The summed E-state index contributed by atoms with van der Waals surface area (Å²) in [5, 5.41) is 3.07. The number of benzene rings is 1. The Morgan fingerprint density at radius 2 is 1.76 bits per heavy atom. The normalized spacial score (nSPS) is 18.1. The molecule has 1 aromatic rings. The van der Waals surface area contributed by atoms with Crippen LogP contribution in [0.3, 0.4) is 0 Å². The van der Waals surface area contributed by atoms with Gasteiger partial charge in [0.2, 0.25) is 0 Å². The molecule has 0 saturated carbocycles. The Morgan fingerprint density at radius 3 is 2.24 bits per heavy atom. The van der Waals surface area contributed by atoms with Crippen LogP contribution in [0.25, 0.3) is 0 Å². The fourth-order valence-corrected chi connectivity index (χ4v) is 2.82. The first-order valence-electron chi connectivity index (χ1n) is 9.79. The number of hydrogen-bond acceptors (Lipinski definition) is 4. The monoisotopic (exact) mass is 393 g/mol. The molecule has 0 aromatic heterocycles. The van der Waals surface area contributed by atoms with Crippen LogP contribution in [0.1, 0.15) is 33.3 Å². The largest absolute Gasteiger partial charge is 0.461 e. The van der Waals surface area contributed by atoms with Crippen molar-refractivity contribution in [1.82, 2.24) is 5.32 Å². The van der Waals surface area contributed by atoms with Crippen molar-refractivity contribution in [1.29, 1.82) is 0 Å². The highest BCUT2D eigenvalue weighted by molar-refractivity contribution is 6.46. The minimum Gasteiger partial charge on any atom is -0.403 e. The molecule has 1 aliphatic rings. The Morgan fingerprint density at radius 1 is 1.17 bits per heavy atom. The van der Waals surface area contributed by atoms with Crippen LogP contribution >= 0.6 is 0 Å². The Bertz CT molecular complexity index is 827. The lowest BCUT2D eigenvalue weighted by Gasteiger charge is -2.32. The molecular formula is C23H32BN3O2. The van der Waals surface area contributed by atoms with E-state index in [1.807, 2.05) is 72.1 Å². The Kier molecular flexibility index (Phi) is 7.34. The molecule has 0 amide bonds. The first-order chi connectivity index (χ1) is 13.6. The number of amidine groups is 1. The zero-order valence-electron chi connectivity index (χ0n) is 18.7. The molecule has 1 aromatic carbocycles. The van der Waals surface area contributed by atoms with Gasteiger partial charge in [-0.3, -0.25) is 10.3 Å². The van der Waals surface area contributed by atoms with Gasteiger partial charge in [-0.25, -0.2) is 0 Å². The van der Waals surface area contributed by atoms with Gasteiger partial charge < -0.3 is 14.2 Å². The maximum absolute atomic E-state index is 6.04. The number of nitrogens with one attached hydrogen (secondary N) is 1. The fraction of sp³-hybridized carbons (Fsp3) is 0.435. The molecule has 0 atom stereocenters. The second kappa shape index (κ2) is 9.34. The Hall–Kier alpha value is -2.49. The summed E-state index contributed by atoms with van der Waals surface area (Å²) in [5.41, 5.74) is 2.25. The molecular weight excluding hydrogens is 361 g/mol. The molecule has 1 aliphatic heterocycles. The SMILES string of the molecule is C=CC(=C/CB1OC(C)(C)C(C)(C)O1)/C(=N\C)NC#Cc1ccc(N(C)C)cc1. The van der Waals surface area contributed by atoms with Gasteiger partial charge in [0.05, 0.1) is 11.2 Å². The minimum atomic E-state index is -0.340. The van der Waals surface area contributed by atoms with E-state index < -0.39 is 0 Å². The van der Waals surface area contributed by atoms with Gasteiger partial charge in [0, 0.05) is 50.3 Å². The molecule has 0 aliphatic carbocycles. The van der Waals surface area contributed by atoms with Crippen molar-refractivity contribution in [3.63, 3.8) is 0 Å². The highest BCUT2D eigenvalue weighted by Crippen LogP contribution is 2.37. The van der Waals surface area contributed by atoms with Gasteiger partial charge in [0.25, 0.3) is 0 Å². The molecule has 154 valence electrons. The van der Waals surface area contributed by atoms with Crippen molar-refractivity contribution in [3.05, 3.63) is 54.1 Å². The molecule has 1 N–H and O–H groups in total. The van der Waals surface area contributed by atoms with E-state index in [9.17, 15) is 0 Å². The predicted molar refractivity (Wildman–Crippen MR) is 123 cm³/mol. The lowest BCUT2D eigenvalue weighted by atomic mass is 9.84. The van der Waals surface area contributed by atoms with E-state index in [0.717, 1.165) is 16.8 Å². The van der Waals surface area contributed by atoms with Crippen LogP contribution in [0.15, 0.2) is 53.6 Å². The summed E-state index contributed by atoms with van der Waals surface area (Å²) in [6.07, 6.45) is 4.38. The zero-order valence-corrected chi connectivity index (χ0v) is 18.7. The fourth-order valence-electron chi connectivity index (χ4n) is 2.82. The van der Waals surface area contributed by atoms with Crippen LogP contribution in [0.4, 0.5) is 5.69 Å². The third kappa shape index (κ3) is 5.75. The van der Waals surface area contributed by atoms with Crippen LogP contribution in [0, 0.1) is 12.0 Å². The van der Waals surface area contributed by atoms with E-state index in [1.54, 1.807) is 13.1 Å². The second-order valence-corrected chi connectivity index (χ2v) is 8.17. The molecule has 1 heterocycles. The lowest BCUT2D eigenvalue weighted by Crippen LogP contribution is -2.41. The maximum atomic E-state index is 6.04. The van der Waals surface area contributed by atoms with E-state index in [1.165, 1.54) is 0 Å². The minimum absolute atomic E-state index is 0.297. The van der Waals surface area contributed by atoms with Crippen molar-refractivity contribution in [2.24, 2.45) is 4.99 Å². The second-order valence-electron chi connectivity index (χ2n) is 8.17. The molecule has 6 heteroatoms. The number of hydrogen-bond donors (Lipinski definition) is 1. The summed E-state index contributed by atoms with van der Waals surface area (Å²) in [6, 6.07) is 11.0. The van der Waals surface area contributed by atoms with E-state index in [-0.39, 0.29) is 18.3 Å². The molecule has 0 unspecified atom stereocenters. The van der Waals surface area contributed by atoms with Crippen LogP contribution in [0.2, 0.25) is 6.32 Å². The van der Waals surface area contributed by atoms with Crippen molar-refractivity contribution < 1.29 is 9.31 Å². The van der Waals surface area contributed by atoms with Gasteiger partial charge >= 0.3 is 7.12 Å². The highest BCUT2D eigenvalue weighted by atomic mass is 16.7. The Labute approximate surface area is 176 Å². The molecule has 0 radical (unpaired) electrons. The van der Waals surface area contributed by atoms with E-state index in [2.05, 4.69) is 33.8 Å². The van der Waals surface area contributed by atoms with Crippen molar-refractivity contribution in [3.8, 4) is 12.0 Å². The van der Waals surface area contributed by atoms with Crippen LogP contribution < -0.4 is 10.2 Å². The third-order valence-electron chi connectivity index (χ3n) is 5.32. The predicted octanol–water partition coefficient (Wildman–Crippen LogP) is 3.88. The summed E-state index contributed by atoms with van der Waals surface area (Å²) in [7, 11) is 5.45. The summed E-state index contributed by atoms with van der Waals surface area (Å²) >= 11 is 0. The number of allylic oxidation sites excluding steroid dienone is 1. The van der Waals surface area contributed by atoms with E-state index in [0.29, 0.717) is 12.2 Å². The molecule has 1 fully saturated rings. The average molecular weight is 393 g/mol. The highest BCUT2D eigenvalue weighted by Gasteiger charge is 2.50. The third-order valence-corrected chi connectivity index (χ3v) is 5.32. The van der Waals surface area contributed by atoms with Crippen molar-refractivity contribution >= 4 is 18.6 Å². The van der Waals surface area contributed by atoms with Crippen molar-refractivity contribution in [2.45, 2.75) is 45.2 Å². The van der Waals surface area contributed by atoms with Gasteiger partial charge in [-0.1, -0.05) is 18.7 Å². The van der Waals surface area contributed by atoms with E-state index >= 15 is 0 Å². The van der Waals surface area contributed by atoms with Crippen LogP contribution in [-0.4, -0.2) is 45.3 Å². The van der Waals surface area contributed by atoms with Gasteiger partial charge in [-0.2, -0.15) is 0 Å². The first-order valence-corrected chi connectivity index (χ1v) is 9.79. The lowest BCUT2D eigenvalue weighted by molar-refractivity contribution is 0.00578. The number of anilines is 1. The van der Waals surface area contributed by atoms with Crippen LogP contribution in [0.5, 0.6) is 0 Å². The van der Waals surface area contributed by atoms with Crippen molar-refractivity contribution in [2.75, 3.05) is 26.0 Å². The molecule has 2 rings (SSSR count). The zero-order chi connectivity index (χ0) is 21.7. The number of aliphatic imine (C=N–C) groups is 1. The van der Waals surface area contributed by atoms with Gasteiger partial charge in [0.1, 0.15) is 5.84 Å². The molecule has 5 nitrogen and oxygen atoms in total. The first kappa shape index (κ1) is 22.8. The van der Waals surface area contributed by atoms with Crippen LogP contribution in [-0.2, 0) is 9.31 Å². The average Bonchev–Trinajstić information content (AvgIpc) is 2.87. The summed E-state index contributed by atoms with van der Waals surface area (Å²) in [6.45, 7) is 12.1.